The Morgan fingerprint density at radius 2 is 1.94 bits per heavy atom. The predicted molar refractivity (Wildman–Crippen MR) is 68.9 cm³/mol. The molecule has 0 bridgehead atoms. The summed E-state index contributed by atoms with van der Waals surface area (Å²) in [5.41, 5.74) is 1.21. The van der Waals surface area contributed by atoms with Crippen molar-refractivity contribution < 1.29 is 4.79 Å². The van der Waals surface area contributed by atoms with Crippen LogP contribution in [0.3, 0.4) is 0 Å². The Hall–Kier alpha value is -0.770. The smallest absolute Gasteiger partial charge is 0.166 e. The van der Waals surface area contributed by atoms with Gasteiger partial charge in [-0.05, 0) is 40.2 Å². The van der Waals surface area contributed by atoms with E-state index in [1.807, 2.05) is 0 Å². The minimum atomic E-state index is 0.412. The summed E-state index contributed by atoms with van der Waals surface area (Å²) < 4.78 is 2.41. The van der Waals surface area contributed by atoms with Crippen LogP contribution in [-0.4, -0.2) is 10.9 Å². The third-order valence-corrected chi connectivity index (χ3v) is 3.94. The fraction of sp³-hybridized carbons (Fsp3) is 0. The fourth-order valence-corrected chi connectivity index (χ4v) is 2.27. The summed E-state index contributed by atoms with van der Waals surface area (Å²) in [5, 5.41) is 0.847. The first kappa shape index (κ1) is 11.7. The van der Waals surface area contributed by atoms with Gasteiger partial charge in [-0.15, -0.1) is 0 Å². The summed E-state index contributed by atoms with van der Waals surface area (Å²) >= 11 is 15.4. The second kappa shape index (κ2) is 4.62. The van der Waals surface area contributed by atoms with Gasteiger partial charge in [0.1, 0.15) is 0 Å². The first-order chi connectivity index (χ1) is 7.65. The van der Waals surface area contributed by atoms with E-state index in [-0.39, 0.29) is 0 Å². The maximum absolute atomic E-state index is 10.8. The van der Waals surface area contributed by atoms with Crippen molar-refractivity contribution in [2.75, 3.05) is 0 Å². The van der Waals surface area contributed by atoms with Crippen molar-refractivity contribution in [1.29, 1.82) is 0 Å². The van der Waals surface area contributed by atoms with Crippen molar-refractivity contribution in [2.45, 2.75) is 0 Å². The monoisotopic (exact) mass is 317 g/mol. The Kier molecular flexibility index (Phi) is 3.38. The first-order valence-corrected chi connectivity index (χ1v) is 5.96. The summed E-state index contributed by atoms with van der Waals surface area (Å²) in [6, 6.07) is 7.07. The number of benzene rings is 1. The molecule has 1 heterocycles. The Bertz CT molecular complexity index is 551. The van der Waals surface area contributed by atoms with Crippen LogP contribution in [-0.2, 0) is 0 Å². The van der Waals surface area contributed by atoms with Crippen LogP contribution in [0.4, 0.5) is 0 Å². The highest BCUT2D eigenvalue weighted by molar-refractivity contribution is 9.10. The number of carbonyl (C=O) groups is 1. The molecule has 0 fully saturated rings. The maximum atomic E-state index is 10.8. The minimum absolute atomic E-state index is 0.412. The van der Waals surface area contributed by atoms with Crippen molar-refractivity contribution in [3.05, 3.63) is 50.7 Å². The lowest BCUT2D eigenvalue weighted by atomic mass is 10.3. The molecule has 2 nitrogen and oxygen atoms in total. The fourth-order valence-electron chi connectivity index (χ4n) is 1.41. The highest BCUT2D eigenvalue weighted by Gasteiger charge is 2.11. The molecule has 2 rings (SSSR count). The number of hydrogen-bond acceptors (Lipinski definition) is 1. The molecule has 0 amide bonds. The van der Waals surface area contributed by atoms with E-state index in [0.29, 0.717) is 21.4 Å². The molecule has 0 aliphatic carbocycles. The Labute approximate surface area is 111 Å². The SMILES string of the molecule is O=Cc1cccn1-c1ccc(Br)c(Cl)c1Cl. The number of hydrogen-bond donors (Lipinski definition) is 0. The van der Waals surface area contributed by atoms with Crippen molar-refractivity contribution >= 4 is 45.4 Å². The van der Waals surface area contributed by atoms with Crippen LogP contribution in [0.2, 0.25) is 10.0 Å². The van der Waals surface area contributed by atoms with Gasteiger partial charge in [-0.2, -0.15) is 0 Å². The minimum Gasteiger partial charge on any atom is -0.313 e. The van der Waals surface area contributed by atoms with Crippen LogP contribution in [0.15, 0.2) is 34.9 Å². The number of nitrogens with zero attached hydrogens (tertiary/aromatic N) is 1. The molecule has 0 unspecified atom stereocenters. The molecular weight excluding hydrogens is 313 g/mol. The van der Waals surface area contributed by atoms with Gasteiger partial charge < -0.3 is 4.57 Å². The van der Waals surface area contributed by atoms with Gasteiger partial charge >= 0.3 is 0 Å². The quantitative estimate of drug-likeness (QED) is 0.595. The largest absolute Gasteiger partial charge is 0.313 e. The van der Waals surface area contributed by atoms with E-state index in [9.17, 15) is 4.79 Å². The first-order valence-electron chi connectivity index (χ1n) is 4.41. The molecule has 1 aromatic carbocycles. The lowest BCUT2D eigenvalue weighted by Crippen LogP contribution is -1.98. The zero-order valence-corrected chi connectivity index (χ0v) is 11.1. The van der Waals surface area contributed by atoms with E-state index in [4.69, 9.17) is 23.2 Å². The molecule has 0 spiro atoms. The zero-order valence-electron chi connectivity index (χ0n) is 7.95. The molecular formula is C11H6BrCl2NO. The van der Waals surface area contributed by atoms with Crippen LogP contribution in [0.1, 0.15) is 10.5 Å². The van der Waals surface area contributed by atoms with E-state index < -0.39 is 0 Å². The molecule has 0 atom stereocenters. The average Bonchev–Trinajstić information content (AvgIpc) is 2.74. The van der Waals surface area contributed by atoms with E-state index >= 15 is 0 Å². The second-order valence-corrected chi connectivity index (χ2v) is 4.73. The number of aldehydes is 1. The molecule has 2 aromatic rings. The third-order valence-electron chi connectivity index (χ3n) is 2.18. The van der Waals surface area contributed by atoms with Crippen molar-refractivity contribution in [2.24, 2.45) is 0 Å². The molecule has 0 N–H and O–H groups in total. The summed E-state index contributed by atoms with van der Waals surface area (Å²) in [4.78, 5) is 10.8. The van der Waals surface area contributed by atoms with Gasteiger partial charge in [-0.1, -0.05) is 23.2 Å². The van der Waals surface area contributed by atoms with Crippen LogP contribution >= 0.6 is 39.1 Å². The van der Waals surface area contributed by atoms with Crippen LogP contribution in [0.5, 0.6) is 0 Å². The van der Waals surface area contributed by atoms with Crippen LogP contribution in [0.25, 0.3) is 5.69 Å². The Morgan fingerprint density at radius 1 is 1.19 bits per heavy atom. The highest BCUT2D eigenvalue weighted by atomic mass is 79.9. The van der Waals surface area contributed by atoms with Crippen LogP contribution in [0, 0.1) is 0 Å². The van der Waals surface area contributed by atoms with Crippen LogP contribution < -0.4 is 0 Å². The van der Waals surface area contributed by atoms with Gasteiger partial charge in [0, 0.05) is 10.7 Å². The molecule has 0 aliphatic rings. The van der Waals surface area contributed by atoms with Crippen molar-refractivity contribution in [3.63, 3.8) is 0 Å². The summed E-state index contributed by atoms with van der Waals surface area (Å²) in [7, 11) is 0. The number of rotatable bonds is 2. The lowest BCUT2D eigenvalue weighted by Gasteiger charge is -2.09. The van der Waals surface area contributed by atoms with Gasteiger partial charge in [0.05, 0.1) is 21.4 Å². The number of halogens is 3. The van der Waals surface area contributed by atoms with Gasteiger partial charge in [-0.3, -0.25) is 4.79 Å². The Balaban J connectivity index is 2.65. The predicted octanol–water partition coefficient (Wildman–Crippen LogP) is 4.36. The van der Waals surface area contributed by atoms with E-state index in [1.54, 1.807) is 35.0 Å². The normalized spacial score (nSPS) is 10.4. The molecule has 0 aliphatic heterocycles. The van der Waals surface area contributed by atoms with E-state index in [1.165, 1.54) is 0 Å². The lowest BCUT2D eigenvalue weighted by molar-refractivity contribution is 0.111. The Morgan fingerprint density at radius 3 is 2.62 bits per heavy atom. The molecule has 82 valence electrons. The summed E-state index contributed by atoms with van der Waals surface area (Å²) in [6.07, 6.45) is 2.53. The molecule has 0 radical (unpaired) electrons. The standard InChI is InChI=1S/C11H6BrCl2NO/c12-8-3-4-9(11(14)10(8)13)15-5-1-2-7(15)6-16/h1-6H. The average molecular weight is 319 g/mol. The summed E-state index contributed by atoms with van der Waals surface area (Å²) in [5.74, 6) is 0. The van der Waals surface area contributed by atoms with Gasteiger partial charge in [0.15, 0.2) is 6.29 Å². The van der Waals surface area contributed by atoms with E-state index in [2.05, 4.69) is 15.9 Å². The molecule has 16 heavy (non-hydrogen) atoms. The van der Waals surface area contributed by atoms with Gasteiger partial charge in [0.25, 0.3) is 0 Å². The van der Waals surface area contributed by atoms with E-state index in [0.717, 1.165) is 10.8 Å². The number of aromatic nitrogens is 1. The van der Waals surface area contributed by atoms with Crippen molar-refractivity contribution in [1.82, 2.24) is 4.57 Å². The third kappa shape index (κ3) is 1.90. The summed E-state index contributed by atoms with van der Waals surface area (Å²) in [6.45, 7) is 0. The highest BCUT2D eigenvalue weighted by Crippen LogP contribution is 2.35. The van der Waals surface area contributed by atoms with Gasteiger partial charge in [0.2, 0.25) is 0 Å². The maximum Gasteiger partial charge on any atom is 0.166 e. The van der Waals surface area contributed by atoms with Gasteiger partial charge in [-0.25, -0.2) is 0 Å². The van der Waals surface area contributed by atoms with Crippen molar-refractivity contribution in [3.8, 4) is 5.69 Å². The second-order valence-electron chi connectivity index (χ2n) is 3.12. The number of carbonyl (C=O) groups excluding carboxylic acids is 1. The molecule has 0 saturated carbocycles. The molecule has 5 heteroatoms. The zero-order chi connectivity index (χ0) is 11.7. The topological polar surface area (TPSA) is 22.0 Å². The molecule has 1 aromatic heterocycles. The molecule has 0 saturated heterocycles.